The lowest BCUT2D eigenvalue weighted by Crippen LogP contribution is -2.41. The monoisotopic (exact) mass is 402 g/mol. The quantitative estimate of drug-likeness (QED) is 0.513. The molecule has 0 fully saturated rings. The van der Waals surface area contributed by atoms with Crippen LogP contribution in [-0.2, 0) is 11.3 Å². The summed E-state index contributed by atoms with van der Waals surface area (Å²) in [5.74, 6) is -0.946. The van der Waals surface area contributed by atoms with Gasteiger partial charge in [-0.05, 0) is 51.2 Å². The van der Waals surface area contributed by atoms with E-state index < -0.39 is 17.8 Å². The first-order valence-electron chi connectivity index (χ1n) is 9.46. The summed E-state index contributed by atoms with van der Waals surface area (Å²) in [6.07, 6.45) is 0. The molecule has 0 saturated carbocycles. The highest BCUT2D eigenvalue weighted by Crippen LogP contribution is 2.11. The van der Waals surface area contributed by atoms with Gasteiger partial charge in [-0.3, -0.25) is 25.3 Å². The first-order chi connectivity index (χ1) is 13.9. The molecule has 0 bridgehead atoms. The van der Waals surface area contributed by atoms with Crippen molar-refractivity contribution in [1.82, 2.24) is 20.7 Å². The molecule has 0 atom stereocenters. The van der Waals surface area contributed by atoms with Crippen molar-refractivity contribution in [2.75, 3.05) is 19.7 Å². The minimum absolute atomic E-state index is 0.0533. The van der Waals surface area contributed by atoms with Crippen LogP contribution in [0.3, 0.4) is 0 Å². The number of nitrogens with zero attached hydrogens (tertiary/aromatic N) is 2. The molecular formula is C20H26N4O5. The summed E-state index contributed by atoms with van der Waals surface area (Å²) in [7, 11) is 0. The highest BCUT2D eigenvalue weighted by Gasteiger charge is 2.17. The standard InChI is InChI=1S/C20H26N4O5/c1-5-24(6-2)12-14-8-11-17(29-14)19(26)23-22-18(25)16-10-9-15(13(4)21-16)20(27)28-7-3/h8-11H,5-7,12H2,1-4H3,(H,22,25)(H,23,26). The number of hydrogen-bond donors (Lipinski definition) is 2. The number of amides is 2. The van der Waals surface area contributed by atoms with Gasteiger partial charge in [0.25, 0.3) is 5.91 Å². The fourth-order valence-electron chi connectivity index (χ4n) is 2.60. The summed E-state index contributed by atoms with van der Waals surface area (Å²) in [5, 5.41) is 0. The number of furan rings is 1. The van der Waals surface area contributed by atoms with Crippen LogP contribution in [0.4, 0.5) is 0 Å². The Kier molecular flexibility index (Phi) is 7.90. The van der Waals surface area contributed by atoms with Crippen LogP contribution in [-0.4, -0.2) is 47.4 Å². The number of aromatic nitrogens is 1. The van der Waals surface area contributed by atoms with Gasteiger partial charge in [-0.15, -0.1) is 0 Å². The molecule has 2 N–H and O–H groups in total. The largest absolute Gasteiger partial charge is 0.462 e. The maximum Gasteiger partial charge on any atom is 0.339 e. The van der Waals surface area contributed by atoms with Gasteiger partial charge < -0.3 is 9.15 Å². The van der Waals surface area contributed by atoms with Crippen LogP contribution in [0, 0.1) is 6.92 Å². The van der Waals surface area contributed by atoms with E-state index in [0.29, 0.717) is 18.0 Å². The van der Waals surface area contributed by atoms with E-state index in [2.05, 4.69) is 20.7 Å². The zero-order chi connectivity index (χ0) is 21.4. The van der Waals surface area contributed by atoms with E-state index in [1.807, 2.05) is 13.8 Å². The molecule has 0 aliphatic heterocycles. The Balaban J connectivity index is 1.95. The number of rotatable bonds is 8. The highest BCUT2D eigenvalue weighted by atomic mass is 16.5. The maximum absolute atomic E-state index is 12.2. The molecule has 0 radical (unpaired) electrons. The van der Waals surface area contributed by atoms with Crippen molar-refractivity contribution in [3.8, 4) is 0 Å². The van der Waals surface area contributed by atoms with Gasteiger partial charge in [-0.2, -0.15) is 0 Å². The number of hydrazine groups is 1. The van der Waals surface area contributed by atoms with Crippen LogP contribution in [0.5, 0.6) is 0 Å². The third-order valence-corrected chi connectivity index (χ3v) is 4.26. The van der Waals surface area contributed by atoms with Gasteiger partial charge in [0.05, 0.1) is 24.4 Å². The highest BCUT2D eigenvalue weighted by molar-refractivity contribution is 5.97. The molecule has 0 aliphatic carbocycles. The zero-order valence-electron chi connectivity index (χ0n) is 17.1. The summed E-state index contributed by atoms with van der Waals surface area (Å²) in [4.78, 5) is 42.4. The number of pyridine rings is 1. The van der Waals surface area contributed by atoms with Crippen LogP contribution in [0.2, 0.25) is 0 Å². The van der Waals surface area contributed by atoms with E-state index >= 15 is 0 Å². The SMILES string of the molecule is CCOC(=O)c1ccc(C(=O)NNC(=O)c2ccc(CN(CC)CC)o2)nc1C. The van der Waals surface area contributed by atoms with Gasteiger partial charge in [0.2, 0.25) is 0 Å². The average molecular weight is 402 g/mol. The molecule has 0 saturated heterocycles. The summed E-state index contributed by atoms with van der Waals surface area (Å²) in [6, 6.07) is 6.13. The second-order valence-corrected chi connectivity index (χ2v) is 6.19. The molecule has 2 amide bonds. The molecule has 0 spiro atoms. The third-order valence-electron chi connectivity index (χ3n) is 4.26. The Bertz CT molecular complexity index is 874. The topological polar surface area (TPSA) is 114 Å². The lowest BCUT2D eigenvalue weighted by Gasteiger charge is -2.15. The molecule has 156 valence electrons. The van der Waals surface area contributed by atoms with E-state index in [4.69, 9.17) is 9.15 Å². The van der Waals surface area contributed by atoms with Crippen molar-refractivity contribution in [1.29, 1.82) is 0 Å². The molecular weight excluding hydrogens is 376 g/mol. The van der Waals surface area contributed by atoms with Gasteiger partial charge in [-0.1, -0.05) is 13.8 Å². The van der Waals surface area contributed by atoms with Crippen molar-refractivity contribution >= 4 is 17.8 Å². The van der Waals surface area contributed by atoms with Crippen LogP contribution in [0.1, 0.15) is 63.6 Å². The molecule has 29 heavy (non-hydrogen) atoms. The fourth-order valence-corrected chi connectivity index (χ4v) is 2.60. The van der Waals surface area contributed by atoms with Crippen molar-refractivity contribution in [3.63, 3.8) is 0 Å². The average Bonchev–Trinajstić information content (AvgIpc) is 3.18. The van der Waals surface area contributed by atoms with Crippen LogP contribution < -0.4 is 10.9 Å². The molecule has 2 rings (SSSR count). The molecule has 0 aromatic carbocycles. The third kappa shape index (κ3) is 5.89. The number of nitrogens with one attached hydrogen (secondary N) is 2. The van der Waals surface area contributed by atoms with E-state index in [1.54, 1.807) is 26.0 Å². The molecule has 2 heterocycles. The minimum atomic E-state index is -0.619. The minimum Gasteiger partial charge on any atom is -0.462 e. The van der Waals surface area contributed by atoms with Gasteiger partial charge in [0.1, 0.15) is 11.5 Å². The number of carbonyl (C=O) groups excluding carboxylic acids is 3. The maximum atomic E-state index is 12.2. The zero-order valence-corrected chi connectivity index (χ0v) is 17.1. The van der Waals surface area contributed by atoms with E-state index in [9.17, 15) is 14.4 Å². The lowest BCUT2D eigenvalue weighted by molar-refractivity contribution is 0.0524. The van der Waals surface area contributed by atoms with Crippen LogP contribution >= 0.6 is 0 Å². The number of aryl methyl sites for hydroxylation is 1. The van der Waals surface area contributed by atoms with Crippen molar-refractivity contribution < 1.29 is 23.5 Å². The van der Waals surface area contributed by atoms with Crippen molar-refractivity contribution in [3.05, 3.63) is 52.7 Å². The number of esters is 1. The molecule has 2 aromatic heterocycles. The van der Waals surface area contributed by atoms with E-state index in [0.717, 1.165) is 13.1 Å². The Morgan fingerprint density at radius 1 is 1.03 bits per heavy atom. The Labute approximate surface area is 169 Å². The van der Waals surface area contributed by atoms with Crippen LogP contribution in [0.25, 0.3) is 0 Å². The first-order valence-corrected chi connectivity index (χ1v) is 9.46. The lowest BCUT2D eigenvalue weighted by atomic mass is 10.2. The Morgan fingerprint density at radius 3 is 2.34 bits per heavy atom. The van der Waals surface area contributed by atoms with E-state index in [1.165, 1.54) is 12.1 Å². The van der Waals surface area contributed by atoms with Gasteiger partial charge in [0.15, 0.2) is 5.76 Å². The summed E-state index contributed by atoms with van der Waals surface area (Å²) >= 11 is 0. The molecule has 9 nitrogen and oxygen atoms in total. The van der Waals surface area contributed by atoms with Gasteiger partial charge in [-0.25, -0.2) is 9.78 Å². The molecule has 0 unspecified atom stereocenters. The van der Waals surface area contributed by atoms with Gasteiger partial charge >= 0.3 is 11.9 Å². The Hall–Kier alpha value is -3.20. The van der Waals surface area contributed by atoms with Crippen LogP contribution in [0.15, 0.2) is 28.7 Å². The summed E-state index contributed by atoms with van der Waals surface area (Å²) in [5.41, 5.74) is 5.27. The molecule has 9 heteroatoms. The number of hydrogen-bond acceptors (Lipinski definition) is 7. The smallest absolute Gasteiger partial charge is 0.339 e. The van der Waals surface area contributed by atoms with Crippen molar-refractivity contribution in [2.24, 2.45) is 0 Å². The first kappa shape index (κ1) is 22.1. The second-order valence-electron chi connectivity index (χ2n) is 6.19. The second kappa shape index (κ2) is 10.4. The fraction of sp³-hybridized carbons (Fsp3) is 0.400. The number of ether oxygens (including phenoxy) is 1. The molecule has 0 aliphatic rings. The summed E-state index contributed by atoms with van der Waals surface area (Å²) in [6.45, 7) is 9.98. The predicted octanol–water partition coefficient (Wildman–Crippen LogP) is 2.08. The number of carbonyl (C=O) groups is 3. The summed E-state index contributed by atoms with van der Waals surface area (Å²) < 4.78 is 10.5. The van der Waals surface area contributed by atoms with Gasteiger partial charge in [0, 0.05) is 0 Å². The van der Waals surface area contributed by atoms with Crippen molar-refractivity contribution in [2.45, 2.75) is 34.2 Å². The van der Waals surface area contributed by atoms with E-state index in [-0.39, 0.29) is 23.6 Å². The predicted molar refractivity (Wildman–Crippen MR) is 105 cm³/mol. The normalized spacial score (nSPS) is 10.7. The molecule has 2 aromatic rings. The Morgan fingerprint density at radius 2 is 1.72 bits per heavy atom.